The van der Waals surface area contributed by atoms with Gasteiger partial charge in [0, 0.05) is 19.1 Å². The van der Waals surface area contributed by atoms with E-state index in [4.69, 9.17) is 5.73 Å². The SMILES string of the molecule is CC1(C)CN(C(=O)c2cn(-c3ccccc3C(F)(F)F)nn2)CCC1N. The van der Waals surface area contributed by atoms with Gasteiger partial charge in [-0.3, -0.25) is 4.79 Å². The van der Waals surface area contributed by atoms with Gasteiger partial charge in [0.15, 0.2) is 5.69 Å². The highest BCUT2D eigenvalue weighted by Gasteiger charge is 2.37. The molecule has 26 heavy (non-hydrogen) atoms. The van der Waals surface area contributed by atoms with Crippen molar-refractivity contribution >= 4 is 5.91 Å². The molecule has 9 heteroatoms. The monoisotopic (exact) mass is 367 g/mol. The third-order valence-electron chi connectivity index (χ3n) is 4.77. The number of alkyl halides is 3. The van der Waals surface area contributed by atoms with Crippen molar-refractivity contribution in [3.63, 3.8) is 0 Å². The maximum Gasteiger partial charge on any atom is 0.418 e. The van der Waals surface area contributed by atoms with Crippen molar-refractivity contribution in [3.05, 3.63) is 41.7 Å². The molecule has 3 rings (SSSR count). The summed E-state index contributed by atoms with van der Waals surface area (Å²) in [5.41, 5.74) is 4.83. The molecular formula is C17H20F3N5O. The van der Waals surface area contributed by atoms with E-state index in [1.165, 1.54) is 24.4 Å². The zero-order valence-electron chi connectivity index (χ0n) is 14.5. The maximum absolute atomic E-state index is 13.2. The Labute approximate surface area is 148 Å². The lowest BCUT2D eigenvalue weighted by atomic mass is 9.79. The third-order valence-corrected chi connectivity index (χ3v) is 4.77. The lowest BCUT2D eigenvalue weighted by molar-refractivity contribution is -0.137. The van der Waals surface area contributed by atoms with E-state index >= 15 is 0 Å². The topological polar surface area (TPSA) is 77.0 Å². The van der Waals surface area contributed by atoms with Crippen LogP contribution in [0.1, 0.15) is 36.3 Å². The Balaban J connectivity index is 1.86. The van der Waals surface area contributed by atoms with E-state index < -0.39 is 11.7 Å². The number of hydrogen-bond acceptors (Lipinski definition) is 4. The fourth-order valence-electron chi connectivity index (χ4n) is 3.10. The summed E-state index contributed by atoms with van der Waals surface area (Å²) in [7, 11) is 0. The summed E-state index contributed by atoms with van der Waals surface area (Å²) in [5, 5.41) is 7.50. The van der Waals surface area contributed by atoms with Crippen molar-refractivity contribution in [2.24, 2.45) is 11.1 Å². The number of carbonyl (C=O) groups is 1. The van der Waals surface area contributed by atoms with Crippen molar-refractivity contribution in [2.45, 2.75) is 32.5 Å². The van der Waals surface area contributed by atoms with Crippen LogP contribution in [0.2, 0.25) is 0 Å². The molecule has 1 aromatic heterocycles. The van der Waals surface area contributed by atoms with Crippen LogP contribution in [0.25, 0.3) is 5.69 Å². The molecule has 0 aliphatic carbocycles. The van der Waals surface area contributed by atoms with Crippen LogP contribution in [0.3, 0.4) is 0 Å². The largest absolute Gasteiger partial charge is 0.418 e. The fourth-order valence-corrected chi connectivity index (χ4v) is 3.10. The van der Waals surface area contributed by atoms with Gasteiger partial charge in [0.1, 0.15) is 0 Å². The highest BCUT2D eigenvalue weighted by molar-refractivity contribution is 5.92. The Hall–Kier alpha value is -2.42. The Morgan fingerprint density at radius 2 is 2.00 bits per heavy atom. The Kier molecular flexibility index (Phi) is 4.51. The van der Waals surface area contributed by atoms with Crippen molar-refractivity contribution in [1.82, 2.24) is 19.9 Å². The van der Waals surface area contributed by atoms with Crippen molar-refractivity contribution in [2.75, 3.05) is 13.1 Å². The second kappa shape index (κ2) is 6.39. The highest BCUT2D eigenvalue weighted by Crippen LogP contribution is 2.33. The van der Waals surface area contributed by atoms with Crippen LogP contribution < -0.4 is 5.73 Å². The van der Waals surface area contributed by atoms with Gasteiger partial charge in [0.25, 0.3) is 5.91 Å². The zero-order valence-corrected chi connectivity index (χ0v) is 14.5. The molecule has 0 bridgehead atoms. The van der Waals surface area contributed by atoms with E-state index in [0.29, 0.717) is 19.5 Å². The van der Waals surface area contributed by atoms with Gasteiger partial charge >= 0.3 is 6.18 Å². The molecular weight excluding hydrogens is 347 g/mol. The summed E-state index contributed by atoms with van der Waals surface area (Å²) in [6, 6.07) is 5.01. The number of nitrogens with two attached hydrogens (primary N) is 1. The summed E-state index contributed by atoms with van der Waals surface area (Å²) in [6.07, 6.45) is -2.64. The molecule has 1 aliphatic heterocycles. The minimum absolute atomic E-state index is 0.00764. The van der Waals surface area contributed by atoms with Gasteiger partial charge < -0.3 is 10.6 Å². The van der Waals surface area contributed by atoms with Crippen LogP contribution in [0.15, 0.2) is 30.5 Å². The minimum Gasteiger partial charge on any atom is -0.337 e. The van der Waals surface area contributed by atoms with E-state index in [0.717, 1.165) is 10.7 Å². The van der Waals surface area contributed by atoms with Gasteiger partial charge in [-0.15, -0.1) is 5.10 Å². The lowest BCUT2D eigenvalue weighted by Crippen LogP contribution is -2.54. The van der Waals surface area contributed by atoms with Gasteiger partial charge in [-0.1, -0.05) is 31.2 Å². The van der Waals surface area contributed by atoms with E-state index in [9.17, 15) is 18.0 Å². The molecule has 1 amide bonds. The lowest BCUT2D eigenvalue weighted by Gasteiger charge is -2.42. The number of halogens is 3. The molecule has 1 fully saturated rings. The van der Waals surface area contributed by atoms with Crippen LogP contribution >= 0.6 is 0 Å². The van der Waals surface area contributed by atoms with Crippen molar-refractivity contribution in [3.8, 4) is 5.69 Å². The molecule has 1 aromatic carbocycles. The molecule has 6 nitrogen and oxygen atoms in total. The number of likely N-dealkylation sites (tertiary alicyclic amines) is 1. The van der Waals surface area contributed by atoms with Crippen LogP contribution in [-0.4, -0.2) is 44.9 Å². The first-order chi connectivity index (χ1) is 12.1. The zero-order chi connectivity index (χ0) is 19.1. The second-order valence-electron chi connectivity index (χ2n) is 7.17. The van der Waals surface area contributed by atoms with Gasteiger partial charge in [-0.2, -0.15) is 13.2 Å². The van der Waals surface area contributed by atoms with E-state index in [-0.39, 0.29) is 28.7 Å². The van der Waals surface area contributed by atoms with Crippen LogP contribution in [0.4, 0.5) is 13.2 Å². The average molecular weight is 367 g/mol. The van der Waals surface area contributed by atoms with Crippen molar-refractivity contribution < 1.29 is 18.0 Å². The van der Waals surface area contributed by atoms with Crippen molar-refractivity contribution in [1.29, 1.82) is 0 Å². The molecule has 0 radical (unpaired) electrons. The molecule has 0 saturated carbocycles. The second-order valence-corrected chi connectivity index (χ2v) is 7.17. The Morgan fingerprint density at radius 3 is 2.65 bits per heavy atom. The summed E-state index contributed by atoms with van der Waals surface area (Å²) < 4.78 is 40.5. The van der Waals surface area contributed by atoms with Gasteiger partial charge in [0.2, 0.25) is 0 Å². The van der Waals surface area contributed by atoms with Crippen LogP contribution in [-0.2, 0) is 6.18 Å². The molecule has 0 spiro atoms. The predicted molar refractivity (Wildman–Crippen MR) is 88.6 cm³/mol. The number of aromatic nitrogens is 3. The molecule has 2 N–H and O–H groups in total. The minimum atomic E-state index is -4.53. The summed E-state index contributed by atoms with van der Waals surface area (Å²) >= 11 is 0. The third kappa shape index (κ3) is 3.44. The quantitative estimate of drug-likeness (QED) is 0.885. The van der Waals surface area contributed by atoms with Gasteiger partial charge in [0.05, 0.1) is 17.4 Å². The van der Waals surface area contributed by atoms with Gasteiger partial charge in [-0.05, 0) is 24.0 Å². The molecule has 1 aliphatic rings. The van der Waals surface area contributed by atoms with E-state index in [1.54, 1.807) is 4.90 Å². The smallest absolute Gasteiger partial charge is 0.337 e. The number of amides is 1. The molecule has 1 atom stereocenters. The summed E-state index contributed by atoms with van der Waals surface area (Å²) in [6.45, 7) is 4.90. The molecule has 2 aromatic rings. The number of benzene rings is 1. The van der Waals surface area contributed by atoms with Gasteiger partial charge in [-0.25, -0.2) is 4.68 Å². The Bertz CT molecular complexity index is 815. The molecule has 2 heterocycles. The number of piperidine rings is 1. The fraction of sp³-hybridized carbons (Fsp3) is 0.471. The number of hydrogen-bond donors (Lipinski definition) is 1. The highest BCUT2D eigenvalue weighted by atomic mass is 19.4. The Morgan fingerprint density at radius 1 is 1.31 bits per heavy atom. The van der Waals surface area contributed by atoms with E-state index in [1.807, 2.05) is 13.8 Å². The van der Waals surface area contributed by atoms with Crippen LogP contribution in [0.5, 0.6) is 0 Å². The summed E-state index contributed by atoms with van der Waals surface area (Å²) in [4.78, 5) is 14.3. The number of nitrogens with zero attached hydrogens (tertiary/aromatic N) is 4. The summed E-state index contributed by atoms with van der Waals surface area (Å²) in [5.74, 6) is -0.360. The first kappa shape index (κ1) is 18.4. The number of rotatable bonds is 2. The predicted octanol–water partition coefficient (Wildman–Crippen LogP) is 2.49. The maximum atomic E-state index is 13.2. The van der Waals surface area contributed by atoms with E-state index in [2.05, 4.69) is 10.3 Å². The normalized spacial score (nSPS) is 20.2. The first-order valence-corrected chi connectivity index (χ1v) is 8.23. The average Bonchev–Trinajstić information content (AvgIpc) is 3.06. The molecule has 140 valence electrons. The van der Waals surface area contributed by atoms with Crippen LogP contribution in [0, 0.1) is 5.41 Å². The molecule has 1 saturated heterocycles. The first-order valence-electron chi connectivity index (χ1n) is 8.23. The standard InChI is InChI=1S/C17H20F3N5O/c1-16(2)10-24(8-7-14(16)21)15(26)12-9-25(23-22-12)13-6-4-3-5-11(13)17(18,19)20/h3-6,9,14H,7-8,10,21H2,1-2H3. The number of para-hydroxylation sites is 1. The molecule has 1 unspecified atom stereocenters. The number of carbonyl (C=O) groups excluding carboxylic acids is 1.